The second-order valence-electron chi connectivity index (χ2n) is 7.10. The lowest BCUT2D eigenvalue weighted by Crippen LogP contribution is -2.26. The molecule has 26 heavy (non-hydrogen) atoms. The monoisotopic (exact) mass is 349 g/mol. The lowest BCUT2D eigenvalue weighted by atomic mass is 9.87. The Morgan fingerprint density at radius 1 is 0.885 bits per heavy atom. The molecule has 1 saturated carbocycles. The van der Waals surface area contributed by atoms with Crippen LogP contribution >= 0.6 is 0 Å². The first kappa shape index (κ1) is 16.7. The van der Waals surface area contributed by atoms with Crippen LogP contribution in [0.2, 0.25) is 0 Å². The highest BCUT2D eigenvalue weighted by Gasteiger charge is 2.18. The number of nitrogens with one attached hydrogen (secondary N) is 1. The number of rotatable bonds is 4. The molecule has 0 bridgehead atoms. The highest BCUT2D eigenvalue weighted by molar-refractivity contribution is 5.66. The molecule has 2 heterocycles. The number of hydrogen-bond donors (Lipinski definition) is 1. The molecule has 1 N–H and O–H groups in total. The van der Waals surface area contributed by atoms with Gasteiger partial charge in [-0.05, 0) is 49.3 Å². The van der Waals surface area contributed by atoms with Crippen molar-refractivity contribution in [1.82, 2.24) is 20.2 Å². The first-order chi connectivity index (χ1) is 12.7. The molecule has 0 radical (unpaired) electrons. The van der Waals surface area contributed by atoms with Crippen LogP contribution in [0.3, 0.4) is 0 Å². The average molecular weight is 349 g/mol. The van der Waals surface area contributed by atoms with Gasteiger partial charge < -0.3 is 9.73 Å². The molecule has 0 aliphatic heterocycles. The molecule has 134 valence electrons. The fraction of sp³-hybridized carbons (Fsp3) is 0.400. The SMILES string of the molecule is Cc1nnc(-c2ccc(-c3cnc(NC4CCC(C)CC4)nc3)cc2)o1. The summed E-state index contributed by atoms with van der Waals surface area (Å²) < 4.78 is 5.45. The summed E-state index contributed by atoms with van der Waals surface area (Å²) >= 11 is 0. The van der Waals surface area contributed by atoms with Gasteiger partial charge in [0.2, 0.25) is 17.7 Å². The van der Waals surface area contributed by atoms with Crippen LogP contribution in [0.25, 0.3) is 22.6 Å². The van der Waals surface area contributed by atoms with Crippen LogP contribution in [0.1, 0.15) is 38.5 Å². The van der Waals surface area contributed by atoms with Crippen LogP contribution < -0.4 is 5.32 Å². The van der Waals surface area contributed by atoms with E-state index in [0.717, 1.165) is 22.6 Å². The minimum Gasteiger partial charge on any atom is -0.421 e. The third kappa shape index (κ3) is 3.74. The van der Waals surface area contributed by atoms with Gasteiger partial charge in [-0.1, -0.05) is 19.1 Å². The number of nitrogens with zero attached hydrogens (tertiary/aromatic N) is 4. The highest BCUT2D eigenvalue weighted by Crippen LogP contribution is 2.26. The van der Waals surface area contributed by atoms with Gasteiger partial charge in [-0.2, -0.15) is 0 Å². The van der Waals surface area contributed by atoms with Crippen molar-refractivity contribution in [3.8, 4) is 22.6 Å². The topological polar surface area (TPSA) is 76.7 Å². The van der Waals surface area contributed by atoms with Gasteiger partial charge in [0.05, 0.1) is 0 Å². The van der Waals surface area contributed by atoms with E-state index in [1.807, 2.05) is 36.7 Å². The van der Waals surface area contributed by atoms with Gasteiger partial charge in [0, 0.05) is 36.5 Å². The van der Waals surface area contributed by atoms with Crippen LogP contribution in [0.5, 0.6) is 0 Å². The Morgan fingerprint density at radius 2 is 1.54 bits per heavy atom. The van der Waals surface area contributed by atoms with Crippen molar-refractivity contribution in [3.05, 3.63) is 42.5 Å². The van der Waals surface area contributed by atoms with Crippen molar-refractivity contribution in [2.75, 3.05) is 5.32 Å². The third-order valence-corrected chi connectivity index (χ3v) is 4.99. The Kier molecular flexibility index (Phi) is 4.65. The van der Waals surface area contributed by atoms with E-state index in [-0.39, 0.29) is 0 Å². The number of hydrogen-bond acceptors (Lipinski definition) is 6. The van der Waals surface area contributed by atoms with Gasteiger partial charge in [-0.25, -0.2) is 9.97 Å². The van der Waals surface area contributed by atoms with Crippen molar-refractivity contribution in [2.45, 2.75) is 45.6 Å². The largest absolute Gasteiger partial charge is 0.421 e. The zero-order chi connectivity index (χ0) is 17.9. The molecule has 1 fully saturated rings. The summed E-state index contributed by atoms with van der Waals surface area (Å²) in [6.45, 7) is 4.11. The van der Waals surface area contributed by atoms with Gasteiger partial charge in [-0.3, -0.25) is 0 Å². The summed E-state index contributed by atoms with van der Waals surface area (Å²) in [6, 6.07) is 8.47. The van der Waals surface area contributed by atoms with Gasteiger partial charge in [0.25, 0.3) is 0 Å². The summed E-state index contributed by atoms with van der Waals surface area (Å²) in [5.41, 5.74) is 2.95. The fourth-order valence-electron chi connectivity index (χ4n) is 3.36. The molecule has 0 amide bonds. The Labute approximate surface area is 153 Å². The molecular formula is C20H23N5O. The molecule has 0 spiro atoms. The molecule has 4 rings (SSSR count). The summed E-state index contributed by atoms with van der Waals surface area (Å²) in [5, 5.41) is 11.4. The van der Waals surface area contributed by atoms with E-state index in [1.165, 1.54) is 25.7 Å². The molecule has 6 heteroatoms. The predicted octanol–water partition coefficient (Wildman–Crippen LogP) is 4.49. The second kappa shape index (κ2) is 7.23. The van der Waals surface area contributed by atoms with Gasteiger partial charge in [-0.15, -0.1) is 10.2 Å². The zero-order valence-corrected chi connectivity index (χ0v) is 15.1. The molecule has 0 unspecified atom stereocenters. The van der Waals surface area contributed by atoms with E-state index >= 15 is 0 Å². The van der Waals surface area contributed by atoms with Gasteiger partial charge in [0.1, 0.15) is 0 Å². The molecule has 1 aliphatic rings. The Bertz CT molecular complexity index is 849. The quantitative estimate of drug-likeness (QED) is 0.748. The normalized spacial score (nSPS) is 20.1. The Hall–Kier alpha value is -2.76. The summed E-state index contributed by atoms with van der Waals surface area (Å²) in [4.78, 5) is 8.98. The molecule has 2 aromatic heterocycles. The van der Waals surface area contributed by atoms with Crippen molar-refractivity contribution in [2.24, 2.45) is 5.92 Å². The smallest absolute Gasteiger partial charge is 0.247 e. The zero-order valence-electron chi connectivity index (χ0n) is 15.1. The third-order valence-electron chi connectivity index (χ3n) is 4.99. The number of benzene rings is 1. The second-order valence-corrected chi connectivity index (χ2v) is 7.10. The highest BCUT2D eigenvalue weighted by atomic mass is 16.4. The van der Waals surface area contributed by atoms with Gasteiger partial charge >= 0.3 is 0 Å². The van der Waals surface area contributed by atoms with Crippen LogP contribution in [-0.2, 0) is 0 Å². The maximum Gasteiger partial charge on any atom is 0.247 e. The van der Waals surface area contributed by atoms with Crippen molar-refractivity contribution in [3.63, 3.8) is 0 Å². The molecule has 3 aromatic rings. The van der Waals surface area contributed by atoms with Crippen LogP contribution in [0.15, 0.2) is 41.1 Å². The van der Waals surface area contributed by atoms with E-state index in [4.69, 9.17) is 4.42 Å². The molecule has 0 saturated heterocycles. The molecule has 6 nitrogen and oxygen atoms in total. The van der Waals surface area contributed by atoms with Crippen LogP contribution in [0, 0.1) is 12.8 Å². The summed E-state index contributed by atoms with van der Waals surface area (Å²) in [5.74, 6) is 2.65. The lowest BCUT2D eigenvalue weighted by molar-refractivity contribution is 0.360. The van der Waals surface area contributed by atoms with Crippen molar-refractivity contribution < 1.29 is 4.42 Å². The van der Waals surface area contributed by atoms with E-state index in [2.05, 4.69) is 32.4 Å². The predicted molar refractivity (Wildman–Crippen MR) is 101 cm³/mol. The van der Waals surface area contributed by atoms with Crippen LogP contribution in [-0.4, -0.2) is 26.2 Å². The average Bonchev–Trinajstić information content (AvgIpc) is 3.11. The molecule has 1 aromatic carbocycles. The van der Waals surface area contributed by atoms with E-state index < -0.39 is 0 Å². The van der Waals surface area contributed by atoms with E-state index in [1.54, 1.807) is 6.92 Å². The van der Waals surface area contributed by atoms with Crippen LogP contribution in [0.4, 0.5) is 5.95 Å². The minimum atomic E-state index is 0.495. The van der Waals surface area contributed by atoms with Gasteiger partial charge in [0.15, 0.2) is 0 Å². The lowest BCUT2D eigenvalue weighted by Gasteiger charge is -2.26. The van der Waals surface area contributed by atoms with Crippen molar-refractivity contribution in [1.29, 1.82) is 0 Å². The Balaban J connectivity index is 1.43. The van der Waals surface area contributed by atoms with E-state index in [9.17, 15) is 0 Å². The number of anilines is 1. The fourth-order valence-corrected chi connectivity index (χ4v) is 3.36. The molecule has 1 aliphatic carbocycles. The Morgan fingerprint density at radius 3 is 2.15 bits per heavy atom. The number of aromatic nitrogens is 4. The maximum absolute atomic E-state index is 5.45. The van der Waals surface area contributed by atoms with Crippen molar-refractivity contribution >= 4 is 5.95 Å². The molecular weight excluding hydrogens is 326 g/mol. The number of aryl methyl sites for hydroxylation is 1. The summed E-state index contributed by atoms with van der Waals surface area (Å²) in [7, 11) is 0. The summed E-state index contributed by atoms with van der Waals surface area (Å²) in [6.07, 6.45) is 8.69. The van der Waals surface area contributed by atoms with E-state index in [0.29, 0.717) is 23.8 Å². The minimum absolute atomic E-state index is 0.495. The first-order valence-electron chi connectivity index (χ1n) is 9.17. The molecule has 0 atom stereocenters. The standard InChI is InChI=1S/C20H23N5O/c1-13-3-9-18(10-4-13)23-20-21-11-17(12-22-20)15-5-7-16(8-6-15)19-25-24-14(2)26-19/h5-8,11-13,18H,3-4,9-10H2,1-2H3,(H,21,22,23). The maximum atomic E-state index is 5.45. The first-order valence-corrected chi connectivity index (χ1v) is 9.17.